The number of aromatic amines is 1. The molecule has 0 atom stereocenters. The number of carbonyl (C=O) groups is 1. The number of anilines is 1. The number of aromatic nitrogens is 3. The maximum Gasteiger partial charge on any atom is 0.254 e. The van der Waals surface area contributed by atoms with Crippen molar-refractivity contribution in [2.75, 3.05) is 5.73 Å². The van der Waals surface area contributed by atoms with E-state index in [9.17, 15) is 4.79 Å². The minimum Gasteiger partial charge on any atom is -0.397 e. The van der Waals surface area contributed by atoms with Gasteiger partial charge in [-0.05, 0) is 12.1 Å². The molecule has 0 aliphatic rings. The van der Waals surface area contributed by atoms with Crippen LogP contribution in [-0.2, 0) is 6.54 Å². The molecule has 2 aromatic rings. The number of halogens is 1. The maximum absolute atomic E-state index is 11.8. The van der Waals surface area contributed by atoms with Gasteiger partial charge in [-0.1, -0.05) is 11.6 Å². The molecule has 0 unspecified atom stereocenters. The Balaban J connectivity index is 2.07. The number of rotatable bonds is 3. The summed E-state index contributed by atoms with van der Waals surface area (Å²) < 4.78 is 0. The van der Waals surface area contributed by atoms with Gasteiger partial charge in [0.1, 0.15) is 5.15 Å². The lowest BCUT2D eigenvalue weighted by molar-refractivity contribution is 0.0950. The molecule has 0 saturated carbocycles. The Morgan fingerprint density at radius 3 is 3.12 bits per heavy atom. The van der Waals surface area contributed by atoms with Crippen molar-refractivity contribution in [2.45, 2.75) is 6.54 Å². The van der Waals surface area contributed by atoms with Crippen molar-refractivity contribution in [3.63, 3.8) is 0 Å². The van der Waals surface area contributed by atoms with Gasteiger partial charge in [0, 0.05) is 6.20 Å². The molecule has 0 radical (unpaired) electrons. The van der Waals surface area contributed by atoms with Crippen molar-refractivity contribution in [1.29, 1.82) is 0 Å². The van der Waals surface area contributed by atoms with Crippen molar-refractivity contribution >= 4 is 23.2 Å². The molecular weight excluding hydrogens is 242 g/mol. The van der Waals surface area contributed by atoms with Gasteiger partial charge in [-0.2, -0.15) is 5.10 Å². The third-order valence-corrected chi connectivity index (χ3v) is 2.40. The van der Waals surface area contributed by atoms with Crippen LogP contribution in [0.4, 0.5) is 5.69 Å². The SMILES string of the molecule is Nc1cnc(Cl)c(C(=O)NCc2ccn[nH]2)c1. The molecule has 0 fully saturated rings. The van der Waals surface area contributed by atoms with E-state index in [1.165, 1.54) is 12.3 Å². The number of hydrogen-bond donors (Lipinski definition) is 3. The van der Waals surface area contributed by atoms with E-state index >= 15 is 0 Å². The van der Waals surface area contributed by atoms with Crippen molar-refractivity contribution in [1.82, 2.24) is 20.5 Å². The number of pyridine rings is 1. The fourth-order valence-corrected chi connectivity index (χ4v) is 1.47. The molecule has 2 rings (SSSR count). The quantitative estimate of drug-likeness (QED) is 0.708. The molecule has 0 saturated heterocycles. The lowest BCUT2D eigenvalue weighted by Crippen LogP contribution is -2.23. The standard InChI is InChI=1S/C10H10ClN5O/c11-9-8(3-6(12)4-13-9)10(17)14-5-7-1-2-15-16-7/h1-4H,5,12H2,(H,14,17)(H,15,16). The summed E-state index contributed by atoms with van der Waals surface area (Å²) in [6.45, 7) is 0.337. The van der Waals surface area contributed by atoms with Gasteiger partial charge in [0.25, 0.3) is 5.91 Å². The Kier molecular flexibility index (Phi) is 3.24. The predicted octanol–water partition coefficient (Wildman–Crippen LogP) is 0.970. The smallest absolute Gasteiger partial charge is 0.254 e. The van der Waals surface area contributed by atoms with E-state index < -0.39 is 0 Å². The number of H-pyrrole nitrogens is 1. The predicted molar refractivity (Wildman–Crippen MR) is 63.4 cm³/mol. The van der Waals surface area contributed by atoms with Crippen LogP contribution >= 0.6 is 11.6 Å². The second-order valence-electron chi connectivity index (χ2n) is 3.37. The third-order valence-electron chi connectivity index (χ3n) is 2.10. The minimum absolute atomic E-state index is 0.126. The zero-order valence-electron chi connectivity index (χ0n) is 8.77. The number of nitrogens with one attached hydrogen (secondary N) is 2. The van der Waals surface area contributed by atoms with E-state index in [2.05, 4.69) is 20.5 Å². The number of nitrogen functional groups attached to an aromatic ring is 1. The normalized spacial score (nSPS) is 10.2. The first-order chi connectivity index (χ1) is 8.16. The molecule has 0 aliphatic heterocycles. The highest BCUT2D eigenvalue weighted by Gasteiger charge is 2.11. The summed E-state index contributed by atoms with van der Waals surface area (Å²) >= 11 is 5.80. The van der Waals surface area contributed by atoms with E-state index in [-0.39, 0.29) is 16.6 Å². The van der Waals surface area contributed by atoms with Gasteiger partial charge in [-0.25, -0.2) is 4.98 Å². The Morgan fingerprint density at radius 2 is 2.41 bits per heavy atom. The fourth-order valence-electron chi connectivity index (χ4n) is 1.28. The highest BCUT2D eigenvalue weighted by atomic mass is 35.5. The van der Waals surface area contributed by atoms with Crippen LogP contribution in [-0.4, -0.2) is 21.1 Å². The van der Waals surface area contributed by atoms with Gasteiger partial charge in [-0.3, -0.25) is 9.89 Å². The van der Waals surface area contributed by atoms with Gasteiger partial charge < -0.3 is 11.1 Å². The van der Waals surface area contributed by atoms with Crippen LogP contribution in [0.5, 0.6) is 0 Å². The summed E-state index contributed by atoms with van der Waals surface area (Å²) in [5, 5.41) is 9.31. The minimum atomic E-state index is -0.329. The largest absolute Gasteiger partial charge is 0.397 e. The average Bonchev–Trinajstić information content (AvgIpc) is 2.82. The molecule has 0 bridgehead atoms. The highest BCUT2D eigenvalue weighted by molar-refractivity contribution is 6.32. The number of amides is 1. The summed E-state index contributed by atoms with van der Waals surface area (Å²) in [5.41, 5.74) is 6.98. The Bertz CT molecular complexity index is 525. The van der Waals surface area contributed by atoms with E-state index in [1.807, 2.05) is 0 Å². The zero-order chi connectivity index (χ0) is 12.3. The van der Waals surface area contributed by atoms with Gasteiger partial charge in [0.05, 0.1) is 29.7 Å². The summed E-state index contributed by atoms with van der Waals surface area (Å²) in [6.07, 6.45) is 3.00. The van der Waals surface area contributed by atoms with Gasteiger partial charge in [0.2, 0.25) is 0 Å². The van der Waals surface area contributed by atoms with Crippen molar-refractivity contribution < 1.29 is 4.79 Å². The molecule has 88 valence electrons. The molecular formula is C10H10ClN5O. The lowest BCUT2D eigenvalue weighted by Gasteiger charge is -2.05. The number of nitrogens with two attached hydrogens (primary N) is 1. The topological polar surface area (TPSA) is 96.7 Å². The summed E-state index contributed by atoms with van der Waals surface area (Å²) in [4.78, 5) is 15.6. The first-order valence-corrected chi connectivity index (χ1v) is 5.22. The van der Waals surface area contributed by atoms with Gasteiger partial charge in [-0.15, -0.1) is 0 Å². The molecule has 2 heterocycles. The first-order valence-electron chi connectivity index (χ1n) is 4.84. The Morgan fingerprint density at radius 1 is 1.59 bits per heavy atom. The van der Waals surface area contributed by atoms with Crippen molar-refractivity contribution in [3.05, 3.63) is 40.9 Å². The lowest BCUT2D eigenvalue weighted by atomic mass is 10.2. The number of hydrogen-bond acceptors (Lipinski definition) is 4. The van der Waals surface area contributed by atoms with E-state index in [0.29, 0.717) is 12.2 Å². The van der Waals surface area contributed by atoms with Crippen LogP contribution in [0.25, 0.3) is 0 Å². The van der Waals surface area contributed by atoms with Crippen LogP contribution < -0.4 is 11.1 Å². The molecule has 0 aliphatic carbocycles. The van der Waals surface area contributed by atoms with Crippen molar-refractivity contribution in [3.8, 4) is 0 Å². The summed E-state index contributed by atoms with van der Waals surface area (Å²) in [5.74, 6) is -0.329. The second kappa shape index (κ2) is 4.84. The fraction of sp³-hybridized carbons (Fsp3) is 0.100. The molecule has 0 spiro atoms. The summed E-state index contributed by atoms with van der Waals surface area (Å²) in [6, 6.07) is 3.25. The van der Waals surface area contributed by atoms with Gasteiger partial charge >= 0.3 is 0 Å². The molecule has 0 aromatic carbocycles. The second-order valence-corrected chi connectivity index (χ2v) is 3.73. The summed E-state index contributed by atoms with van der Waals surface area (Å²) in [7, 11) is 0. The zero-order valence-corrected chi connectivity index (χ0v) is 9.53. The van der Waals surface area contributed by atoms with E-state index in [4.69, 9.17) is 17.3 Å². The van der Waals surface area contributed by atoms with Gasteiger partial charge in [0.15, 0.2) is 0 Å². The van der Waals surface area contributed by atoms with Crippen LogP contribution in [0.1, 0.15) is 16.1 Å². The molecule has 7 heteroatoms. The monoisotopic (exact) mass is 251 g/mol. The third kappa shape index (κ3) is 2.73. The number of nitrogens with zero attached hydrogens (tertiary/aromatic N) is 2. The average molecular weight is 252 g/mol. The van der Waals surface area contributed by atoms with Crippen LogP contribution in [0.15, 0.2) is 24.5 Å². The Labute approximate surface area is 102 Å². The van der Waals surface area contributed by atoms with Crippen LogP contribution in [0.3, 0.4) is 0 Å². The molecule has 2 aromatic heterocycles. The number of carbonyl (C=O) groups excluding carboxylic acids is 1. The van der Waals surface area contributed by atoms with Crippen LogP contribution in [0.2, 0.25) is 5.15 Å². The molecule has 6 nitrogen and oxygen atoms in total. The molecule has 4 N–H and O–H groups in total. The molecule has 17 heavy (non-hydrogen) atoms. The van der Waals surface area contributed by atoms with Crippen molar-refractivity contribution in [2.24, 2.45) is 0 Å². The van der Waals surface area contributed by atoms with Crippen LogP contribution in [0, 0.1) is 0 Å². The molecule has 1 amide bonds. The maximum atomic E-state index is 11.8. The first kappa shape index (κ1) is 11.4. The highest BCUT2D eigenvalue weighted by Crippen LogP contribution is 2.15. The Hall–Kier alpha value is -2.08. The van der Waals surface area contributed by atoms with E-state index in [1.54, 1.807) is 12.3 Å². The van der Waals surface area contributed by atoms with E-state index in [0.717, 1.165) is 5.69 Å².